The molecule has 0 radical (unpaired) electrons. The van der Waals surface area contributed by atoms with Gasteiger partial charge in [-0.2, -0.15) is 5.26 Å². The van der Waals surface area contributed by atoms with Crippen molar-refractivity contribution in [3.63, 3.8) is 0 Å². The molecule has 0 saturated heterocycles. The maximum Gasteiger partial charge on any atom is 0.119 e. The van der Waals surface area contributed by atoms with Crippen LogP contribution in [0.5, 0.6) is 11.5 Å². The number of benzene rings is 4. The highest BCUT2D eigenvalue weighted by Gasteiger charge is 2.01. The molecule has 0 aromatic heterocycles. The lowest BCUT2D eigenvalue weighted by Crippen LogP contribution is -1.98. The van der Waals surface area contributed by atoms with Crippen LogP contribution in [-0.2, 0) is 6.42 Å². The lowest BCUT2D eigenvalue weighted by atomic mass is 10.0. The highest BCUT2D eigenvalue weighted by Crippen LogP contribution is 2.23. The third kappa shape index (κ3) is 12.6. The maximum absolute atomic E-state index is 8.96. The summed E-state index contributed by atoms with van der Waals surface area (Å²) in [5.74, 6) is 1.83. The molecular weight excluding hydrogens is 552 g/mol. The second-order valence-corrected chi connectivity index (χ2v) is 11.7. The molecule has 4 rings (SSSR count). The second kappa shape index (κ2) is 19.8. The number of nitriles is 1. The van der Waals surface area contributed by atoms with Crippen LogP contribution in [0.25, 0.3) is 11.1 Å². The lowest BCUT2D eigenvalue weighted by molar-refractivity contribution is 0.299. The van der Waals surface area contributed by atoms with Crippen LogP contribution in [0.1, 0.15) is 94.2 Å². The van der Waals surface area contributed by atoms with Gasteiger partial charge in [-0.3, -0.25) is 4.99 Å². The number of hydrogen-bond donors (Lipinski definition) is 0. The van der Waals surface area contributed by atoms with E-state index < -0.39 is 0 Å². The van der Waals surface area contributed by atoms with Crippen molar-refractivity contribution >= 4 is 11.9 Å². The Kier molecular flexibility index (Phi) is 14.8. The van der Waals surface area contributed by atoms with Gasteiger partial charge in [-0.15, -0.1) is 0 Å². The van der Waals surface area contributed by atoms with Crippen molar-refractivity contribution in [1.82, 2.24) is 0 Å². The summed E-state index contributed by atoms with van der Waals surface area (Å²) in [6.45, 7) is 3.76. The summed E-state index contributed by atoms with van der Waals surface area (Å²) >= 11 is 0. The van der Waals surface area contributed by atoms with E-state index in [0.717, 1.165) is 66.4 Å². The summed E-state index contributed by atoms with van der Waals surface area (Å²) in [4.78, 5) is 4.63. The predicted octanol–water partition coefficient (Wildman–Crippen LogP) is 11.3. The van der Waals surface area contributed by atoms with E-state index in [-0.39, 0.29) is 0 Å². The van der Waals surface area contributed by atoms with Crippen LogP contribution in [0.15, 0.2) is 102 Å². The minimum atomic E-state index is 0.678. The van der Waals surface area contributed by atoms with Crippen molar-refractivity contribution in [2.45, 2.75) is 84.0 Å². The van der Waals surface area contributed by atoms with Gasteiger partial charge in [-0.1, -0.05) is 94.7 Å². The van der Waals surface area contributed by atoms with Gasteiger partial charge in [-0.05, 0) is 109 Å². The Hall–Kier alpha value is -4.36. The van der Waals surface area contributed by atoms with E-state index >= 15 is 0 Å². The van der Waals surface area contributed by atoms with Gasteiger partial charge in [0.2, 0.25) is 0 Å². The molecule has 4 heteroatoms. The molecule has 0 unspecified atom stereocenters. The molecule has 4 aromatic carbocycles. The SMILES string of the molecule is CCCCCCc1ccc(N=Cc2ccc(OCCCCCCCCCOc3ccc(-c4ccc(C#N)cc4)cc3)cc2)cc1. The molecule has 4 aromatic rings. The van der Waals surface area contributed by atoms with Gasteiger partial charge in [0, 0.05) is 6.21 Å². The van der Waals surface area contributed by atoms with E-state index in [2.05, 4.69) is 66.5 Å². The minimum absolute atomic E-state index is 0.678. The van der Waals surface area contributed by atoms with Gasteiger partial charge in [0.05, 0.1) is 30.5 Å². The maximum atomic E-state index is 8.96. The van der Waals surface area contributed by atoms with Crippen molar-refractivity contribution in [2.75, 3.05) is 13.2 Å². The molecule has 234 valence electrons. The van der Waals surface area contributed by atoms with E-state index in [1.165, 1.54) is 63.4 Å². The fourth-order valence-electron chi connectivity index (χ4n) is 5.25. The normalized spacial score (nSPS) is 11.0. The van der Waals surface area contributed by atoms with E-state index in [0.29, 0.717) is 5.56 Å². The molecular formula is C41H48N2O2. The fourth-order valence-corrected chi connectivity index (χ4v) is 5.25. The zero-order valence-corrected chi connectivity index (χ0v) is 26.9. The highest BCUT2D eigenvalue weighted by atomic mass is 16.5. The summed E-state index contributed by atoms with van der Waals surface area (Å²) in [5, 5.41) is 8.96. The average Bonchev–Trinajstić information content (AvgIpc) is 3.09. The molecule has 0 amide bonds. The zero-order chi connectivity index (χ0) is 31.4. The van der Waals surface area contributed by atoms with E-state index in [4.69, 9.17) is 14.7 Å². The first kappa shape index (κ1) is 33.5. The zero-order valence-electron chi connectivity index (χ0n) is 26.9. The number of aryl methyl sites for hydroxylation is 1. The number of rotatable bonds is 20. The van der Waals surface area contributed by atoms with Crippen molar-refractivity contribution in [3.8, 4) is 28.7 Å². The number of nitrogens with zero attached hydrogens (tertiary/aromatic N) is 2. The Bertz CT molecular complexity index is 1430. The van der Waals surface area contributed by atoms with Gasteiger partial charge >= 0.3 is 0 Å². The average molecular weight is 601 g/mol. The largest absolute Gasteiger partial charge is 0.494 e. The number of hydrogen-bond acceptors (Lipinski definition) is 4. The first-order chi connectivity index (χ1) is 22.2. The number of aliphatic imine (C=N–C) groups is 1. The van der Waals surface area contributed by atoms with Gasteiger partial charge < -0.3 is 9.47 Å². The molecule has 0 aliphatic rings. The first-order valence-corrected chi connectivity index (χ1v) is 16.8. The van der Waals surface area contributed by atoms with E-state index in [9.17, 15) is 0 Å². The van der Waals surface area contributed by atoms with Crippen molar-refractivity contribution in [2.24, 2.45) is 4.99 Å². The van der Waals surface area contributed by atoms with Crippen LogP contribution < -0.4 is 9.47 Å². The third-order valence-electron chi connectivity index (χ3n) is 8.03. The molecule has 0 bridgehead atoms. The van der Waals surface area contributed by atoms with Crippen LogP contribution in [0.2, 0.25) is 0 Å². The minimum Gasteiger partial charge on any atom is -0.494 e. The summed E-state index contributed by atoms with van der Waals surface area (Å²) in [6, 6.07) is 34.8. The summed E-state index contributed by atoms with van der Waals surface area (Å²) < 4.78 is 11.9. The van der Waals surface area contributed by atoms with E-state index in [1.54, 1.807) is 0 Å². The summed E-state index contributed by atoms with van der Waals surface area (Å²) in [6.07, 6.45) is 16.6. The number of ether oxygens (including phenoxy) is 2. The van der Waals surface area contributed by atoms with Crippen LogP contribution in [0.3, 0.4) is 0 Å². The summed E-state index contributed by atoms with van der Waals surface area (Å²) in [5.41, 5.74) is 6.37. The Morgan fingerprint density at radius 2 is 1.09 bits per heavy atom. The topological polar surface area (TPSA) is 54.6 Å². The Labute approximate surface area is 270 Å². The van der Waals surface area contributed by atoms with Crippen molar-refractivity contribution in [1.29, 1.82) is 5.26 Å². The molecule has 4 nitrogen and oxygen atoms in total. The molecule has 0 fully saturated rings. The lowest BCUT2D eigenvalue weighted by Gasteiger charge is -2.08. The molecule has 0 aliphatic heterocycles. The monoisotopic (exact) mass is 600 g/mol. The van der Waals surface area contributed by atoms with Gasteiger partial charge in [-0.25, -0.2) is 0 Å². The van der Waals surface area contributed by atoms with Crippen LogP contribution in [0.4, 0.5) is 5.69 Å². The third-order valence-corrected chi connectivity index (χ3v) is 8.03. The fraction of sp³-hybridized carbons (Fsp3) is 0.366. The first-order valence-electron chi connectivity index (χ1n) is 16.8. The van der Waals surface area contributed by atoms with Crippen LogP contribution in [0, 0.1) is 11.3 Å². The summed E-state index contributed by atoms with van der Waals surface area (Å²) in [7, 11) is 0. The van der Waals surface area contributed by atoms with Gasteiger partial charge in [0.1, 0.15) is 11.5 Å². The molecule has 0 aliphatic carbocycles. The number of unbranched alkanes of at least 4 members (excludes halogenated alkanes) is 9. The van der Waals surface area contributed by atoms with Gasteiger partial charge in [0.15, 0.2) is 0 Å². The van der Waals surface area contributed by atoms with Crippen molar-refractivity contribution < 1.29 is 9.47 Å². The molecule has 0 spiro atoms. The Balaban J connectivity index is 0.995. The van der Waals surface area contributed by atoms with Crippen LogP contribution >= 0.6 is 0 Å². The van der Waals surface area contributed by atoms with Gasteiger partial charge in [0.25, 0.3) is 0 Å². The van der Waals surface area contributed by atoms with Crippen molar-refractivity contribution in [3.05, 3.63) is 114 Å². The molecule has 0 atom stereocenters. The Morgan fingerprint density at radius 1 is 0.578 bits per heavy atom. The van der Waals surface area contributed by atoms with E-state index in [1.807, 2.05) is 54.7 Å². The standard InChI is InChI=1S/C41H48N2O2/c1-2-3-4-10-13-34-16-24-39(25-17-34)43-33-36-18-26-40(27-19-36)44-30-11-8-6-5-7-9-12-31-45-41-28-22-38(23-29-41)37-20-14-35(32-42)15-21-37/h14-29,33H,2-13,30-31H2,1H3. The van der Waals surface area contributed by atoms with Crippen LogP contribution in [-0.4, -0.2) is 19.4 Å². The highest BCUT2D eigenvalue weighted by molar-refractivity contribution is 5.82. The smallest absolute Gasteiger partial charge is 0.119 e. The quantitative estimate of drug-likeness (QED) is 0.0749. The molecule has 0 N–H and O–H groups in total. The molecule has 0 saturated carbocycles. The molecule has 0 heterocycles. The second-order valence-electron chi connectivity index (χ2n) is 11.7. The predicted molar refractivity (Wildman–Crippen MR) is 188 cm³/mol. The molecule has 45 heavy (non-hydrogen) atoms. The Morgan fingerprint density at radius 3 is 1.64 bits per heavy atom.